The average Bonchev–Trinajstić information content (AvgIpc) is 2.88. The minimum Gasteiger partial charge on any atom is -0.294 e. The number of aromatic nitrogens is 2. The summed E-state index contributed by atoms with van der Waals surface area (Å²) in [5.41, 5.74) is 6.67. The lowest BCUT2D eigenvalue weighted by Gasteiger charge is -2.30. The molecule has 4 aromatic rings. The van der Waals surface area contributed by atoms with E-state index in [2.05, 4.69) is 67.3 Å². The van der Waals surface area contributed by atoms with Crippen molar-refractivity contribution in [3.05, 3.63) is 135 Å². The Kier molecular flexibility index (Phi) is 6.65. The first-order chi connectivity index (χ1) is 17.0. The molecule has 2 heterocycles. The van der Waals surface area contributed by atoms with Crippen LogP contribution in [0.1, 0.15) is 65.1 Å². The van der Waals surface area contributed by atoms with Crippen molar-refractivity contribution >= 4 is 0 Å². The van der Waals surface area contributed by atoms with Gasteiger partial charge in [0.05, 0.1) is 17.3 Å². The summed E-state index contributed by atoms with van der Waals surface area (Å²) < 4.78 is 1.89. The molecule has 178 valence electrons. The Hall–Kier alpha value is -3.50. The van der Waals surface area contributed by atoms with Crippen LogP contribution in [-0.2, 0) is 19.5 Å². The zero-order valence-corrected chi connectivity index (χ0v) is 20.8. The maximum Gasteiger partial charge on any atom is 0.259 e. The molecule has 4 nitrogen and oxygen atoms in total. The van der Waals surface area contributed by atoms with Crippen LogP contribution in [0.25, 0.3) is 0 Å². The molecule has 0 radical (unpaired) electrons. The van der Waals surface area contributed by atoms with E-state index < -0.39 is 0 Å². The molecule has 1 aliphatic heterocycles. The molecule has 1 aromatic heterocycles. The second-order valence-corrected chi connectivity index (χ2v) is 9.84. The molecular weight excluding hydrogens is 430 g/mol. The van der Waals surface area contributed by atoms with Gasteiger partial charge in [-0.2, -0.15) is 0 Å². The smallest absolute Gasteiger partial charge is 0.259 e. The van der Waals surface area contributed by atoms with Crippen molar-refractivity contribution in [3.8, 4) is 0 Å². The number of hydrogen-bond donors (Lipinski definition) is 0. The number of benzene rings is 3. The van der Waals surface area contributed by atoms with E-state index >= 15 is 0 Å². The molecule has 1 aliphatic rings. The predicted octanol–water partition coefficient (Wildman–Crippen LogP) is 5.87. The molecule has 0 bridgehead atoms. The lowest BCUT2D eigenvalue weighted by atomic mass is 9.97. The molecule has 0 aliphatic carbocycles. The van der Waals surface area contributed by atoms with Crippen LogP contribution in [0.4, 0.5) is 0 Å². The van der Waals surface area contributed by atoms with Crippen molar-refractivity contribution in [3.63, 3.8) is 0 Å². The summed E-state index contributed by atoms with van der Waals surface area (Å²) in [5.74, 6) is 1.30. The standard InChI is InChI=1S/C31H33N3O/c1-22(2)25-16-14-24(15-17-25)20-33-19-18-29-28(21-33)31(35)34(23(3)32-29)30(26-10-6-4-7-11-26)27-12-8-5-9-13-27/h4-17,22,30H,18-21H2,1-3H3. The van der Waals surface area contributed by atoms with E-state index in [9.17, 15) is 4.79 Å². The van der Waals surface area contributed by atoms with Gasteiger partial charge in [0, 0.05) is 26.1 Å². The molecule has 0 saturated carbocycles. The molecule has 35 heavy (non-hydrogen) atoms. The van der Waals surface area contributed by atoms with Gasteiger partial charge in [-0.15, -0.1) is 0 Å². The van der Waals surface area contributed by atoms with Crippen molar-refractivity contribution in [1.29, 1.82) is 0 Å². The molecule has 0 unspecified atom stereocenters. The summed E-state index contributed by atoms with van der Waals surface area (Å²) in [7, 11) is 0. The fraction of sp³-hybridized carbons (Fsp3) is 0.290. The maximum atomic E-state index is 14.0. The topological polar surface area (TPSA) is 38.1 Å². The minimum absolute atomic E-state index is 0.0741. The molecule has 3 aromatic carbocycles. The normalized spacial score (nSPS) is 13.9. The predicted molar refractivity (Wildman–Crippen MR) is 142 cm³/mol. The van der Waals surface area contributed by atoms with Crippen LogP contribution in [0.5, 0.6) is 0 Å². The zero-order valence-electron chi connectivity index (χ0n) is 20.8. The van der Waals surface area contributed by atoms with Gasteiger partial charge >= 0.3 is 0 Å². The van der Waals surface area contributed by atoms with E-state index in [1.807, 2.05) is 47.9 Å². The quantitative estimate of drug-likeness (QED) is 0.359. The number of nitrogens with zero attached hydrogens (tertiary/aromatic N) is 3. The summed E-state index contributed by atoms with van der Waals surface area (Å²) in [6.45, 7) is 8.78. The lowest BCUT2D eigenvalue weighted by Crippen LogP contribution is -2.40. The molecular formula is C31H33N3O. The largest absolute Gasteiger partial charge is 0.294 e. The SMILES string of the molecule is Cc1nc2c(c(=O)n1C(c1ccccc1)c1ccccc1)CN(Cc1ccc(C(C)C)cc1)CC2. The fourth-order valence-electron chi connectivity index (χ4n) is 5.13. The maximum absolute atomic E-state index is 14.0. The van der Waals surface area contributed by atoms with E-state index in [0.717, 1.165) is 47.7 Å². The molecule has 5 rings (SSSR count). The van der Waals surface area contributed by atoms with Crippen LogP contribution in [0.3, 0.4) is 0 Å². The summed E-state index contributed by atoms with van der Waals surface area (Å²) in [6.07, 6.45) is 0.803. The van der Waals surface area contributed by atoms with Crippen molar-refractivity contribution in [2.24, 2.45) is 0 Å². The number of rotatable bonds is 6. The van der Waals surface area contributed by atoms with Gasteiger partial charge in [-0.1, -0.05) is 98.8 Å². The third-order valence-electron chi connectivity index (χ3n) is 7.06. The van der Waals surface area contributed by atoms with Crippen LogP contribution < -0.4 is 5.56 Å². The summed E-state index contributed by atoms with van der Waals surface area (Å²) in [5, 5.41) is 0. The monoisotopic (exact) mass is 463 g/mol. The van der Waals surface area contributed by atoms with Crippen LogP contribution in [0.15, 0.2) is 89.7 Å². The Bertz CT molecular complexity index is 1300. The van der Waals surface area contributed by atoms with Gasteiger partial charge in [0.1, 0.15) is 5.82 Å². The van der Waals surface area contributed by atoms with Crippen molar-refractivity contribution in [1.82, 2.24) is 14.5 Å². The third-order valence-corrected chi connectivity index (χ3v) is 7.06. The van der Waals surface area contributed by atoms with Crippen LogP contribution in [0, 0.1) is 6.92 Å². The molecule has 0 spiro atoms. The van der Waals surface area contributed by atoms with E-state index in [-0.39, 0.29) is 11.6 Å². The van der Waals surface area contributed by atoms with Crippen LogP contribution >= 0.6 is 0 Å². The van der Waals surface area contributed by atoms with E-state index in [4.69, 9.17) is 4.98 Å². The number of hydrogen-bond acceptors (Lipinski definition) is 3. The Morgan fingerprint density at radius 3 is 2.00 bits per heavy atom. The van der Waals surface area contributed by atoms with Gasteiger partial charge in [-0.3, -0.25) is 14.3 Å². The first-order valence-electron chi connectivity index (χ1n) is 12.5. The van der Waals surface area contributed by atoms with Gasteiger partial charge in [-0.25, -0.2) is 4.98 Å². The Morgan fingerprint density at radius 1 is 0.829 bits per heavy atom. The highest BCUT2D eigenvalue weighted by Crippen LogP contribution is 2.27. The summed E-state index contributed by atoms with van der Waals surface area (Å²) in [6, 6.07) is 29.2. The summed E-state index contributed by atoms with van der Waals surface area (Å²) >= 11 is 0. The Morgan fingerprint density at radius 2 is 1.43 bits per heavy atom. The number of fused-ring (bicyclic) bond motifs is 1. The first-order valence-corrected chi connectivity index (χ1v) is 12.5. The minimum atomic E-state index is -0.207. The second-order valence-electron chi connectivity index (χ2n) is 9.84. The Labute approximate surface area is 207 Å². The van der Waals surface area contributed by atoms with Gasteiger partial charge in [0.25, 0.3) is 5.56 Å². The number of aryl methyl sites for hydroxylation is 1. The van der Waals surface area contributed by atoms with E-state index in [0.29, 0.717) is 12.5 Å². The molecule has 0 fully saturated rings. The average molecular weight is 464 g/mol. The van der Waals surface area contributed by atoms with Crippen molar-refractivity contribution in [2.75, 3.05) is 6.54 Å². The van der Waals surface area contributed by atoms with Crippen LogP contribution in [-0.4, -0.2) is 21.0 Å². The second kappa shape index (κ2) is 10.0. The molecule has 0 saturated heterocycles. The highest BCUT2D eigenvalue weighted by atomic mass is 16.1. The molecule has 4 heteroatoms. The van der Waals surface area contributed by atoms with Crippen molar-refractivity contribution in [2.45, 2.75) is 52.2 Å². The third kappa shape index (κ3) is 4.85. The van der Waals surface area contributed by atoms with E-state index in [1.54, 1.807) is 0 Å². The highest BCUT2D eigenvalue weighted by molar-refractivity contribution is 5.35. The molecule has 0 amide bonds. The van der Waals surface area contributed by atoms with Crippen molar-refractivity contribution < 1.29 is 0 Å². The molecule has 0 N–H and O–H groups in total. The van der Waals surface area contributed by atoms with Gasteiger partial charge in [0.15, 0.2) is 0 Å². The van der Waals surface area contributed by atoms with Crippen LogP contribution in [0.2, 0.25) is 0 Å². The highest BCUT2D eigenvalue weighted by Gasteiger charge is 2.27. The summed E-state index contributed by atoms with van der Waals surface area (Å²) in [4.78, 5) is 21.4. The van der Waals surface area contributed by atoms with Gasteiger partial charge in [-0.05, 0) is 35.1 Å². The van der Waals surface area contributed by atoms with E-state index in [1.165, 1.54) is 11.1 Å². The lowest BCUT2D eigenvalue weighted by molar-refractivity contribution is 0.240. The van der Waals surface area contributed by atoms with Gasteiger partial charge in [0.2, 0.25) is 0 Å². The van der Waals surface area contributed by atoms with Gasteiger partial charge < -0.3 is 0 Å². The zero-order chi connectivity index (χ0) is 24.4. The molecule has 0 atom stereocenters. The first kappa shape index (κ1) is 23.3. The fourth-order valence-corrected chi connectivity index (χ4v) is 5.13. The Balaban J connectivity index is 1.50.